The zero-order valence-electron chi connectivity index (χ0n) is 10.1. The Morgan fingerprint density at radius 3 is 2.76 bits per heavy atom. The standard InChI is InChI=1S/C14H17NOS/c1-10-3-4-11(2)13(7-10)16-14(8-15)12-5-6-17-9-12/h3-7,9,14H,8,15H2,1-2H3. The number of thiophene rings is 1. The van der Waals surface area contributed by atoms with Gasteiger partial charge in [0.15, 0.2) is 0 Å². The first kappa shape index (κ1) is 12.1. The highest BCUT2D eigenvalue weighted by Gasteiger charge is 2.13. The molecule has 2 N–H and O–H groups in total. The van der Waals surface area contributed by atoms with Crippen LogP contribution in [0.1, 0.15) is 22.8 Å². The molecule has 0 amide bonds. The summed E-state index contributed by atoms with van der Waals surface area (Å²) in [7, 11) is 0. The van der Waals surface area contributed by atoms with Crippen LogP contribution in [0.2, 0.25) is 0 Å². The zero-order chi connectivity index (χ0) is 12.3. The number of hydrogen-bond donors (Lipinski definition) is 1. The van der Waals surface area contributed by atoms with E-state index in [0.29, 0.717) is 6.54 Å². The van der Waals surface area contributed by atoms with Gasteiger partial charge in [-0.25, -0.2) is 0 Å². The van der Waals surface area contributed by atoms with Crippen LogP contribution in [0.25, 0.3) is 0 Å². The Labute approximate surface area is 106 Å². The molecule has 1 aromatic carbocycles. The van der Waals surface area contributed by atoms with E-state index >= 15 is 0 Å². The molecule has 0 saturated heterocycles. The van der Waals surface area contributed by atoms with Crippen molar-refractivity contribution in [3.05, 3.63) is 51.7 Å². The van der Waals surface area contributed by atoms with Gasteiger partial charge in [-0.2, -0.15) is 11.3 Å². The molecule has 90 valence electrons. The molecule has 0 aliphatic carbocycles. The lowest BCUT2D eigenvalue weighted by Gasteiger charge is -2.18. The van der Waals surface area contributed by atoms with Gasteiger partial charge < -0.3 is 10.5 Å². The van der Waals surface area contributed by atoms with Crippen LogP contribution >= 0.6 is 11.3 Å². The smallest absolute Gasteiger partial charge is 0.137 e. The summed E-state index contributed by atoms with van der Waals surface area (Å²) in [6.45, 7) is 4.61. The normalized spacial score (nSPS) is 12.4. The average molecular weight is 247 g/mol. The maximum Gasteiger partial charge on any atom is 0.137 e. The zero-order valence-corrected chi connectivity index (χ0v) is 11.0. The van der Waals surface area contributed by atoms with Crippen molar-refractivity contribution in [3.8, 4) is 5.75 Å². The number of aryl methyl sites for hydroxylation is 2. The number of rotatable bonds is 4. The third kappa shape index (κ3) is 2.87. The van der Waals surface area contributed by atoms with Gasteiger partial charge in [0.2, 0.25) is 0 Å². The maximum absolute atomic E-state index is 6.00. The molecule has 2 nitrogen and oxygen atoms in total. The second-order valence-corrected chi connectivity index (χ2v) is 4.95. The molecular weight excluding hydrogens is 230 g/mol. The summed E-state index contributed by atoms with van der Waals surface area (Å²) in [5, 5.41) is 4.13. The topological polar surface area (TPSA) is 35.2 Å². The SMILES string of the molecule is Cc1ccc(C)c(OC(CN)c2ccsc2)c1. The number of ether oxygens (including phenoxy) is 1. The fourth-order valence-corrected chi connectivity index (χ4v) is 2.40. The van der Waals surface area contributed by atoms with Crippen LogP contribution < -0.4 is 10.5 Å². The van der Waals surface area contributed by atoms with Crippen molar-refractivity contribution in [1.82, 2.24) is 0 Å². The molecule has 1 atom stereocenters. The summed E-state index contributed by atoms with van der Waals surface area (Å²) < 4.78 is 6.00. The van der Waals surface area contributed by atoms with Crippen LogP contribution in [-0.2, 0) is 0 Å². The molecule has 1 heterocycles. The molecule has 0 aliphatic heterocycles. The first-order chi connectivity index (χ1) is 8.20. The largest absolute Gasteiger partial charge is 0.484 e. The van der Waals surface area contributed by atoms with E-state index < -0.39 is 0 Å². The minimum atomic E-state index is -0.0539. The molecule has 0 fully saturated rings. The van der Waals surface area contributed by atoms with Crippen molar-refractivity contribution in [2.75, 3.05) is 6.54 Å². The van der Waals surface area contributed by atoms with Crippen molar-refractivity contribution < 1.29 is 4.74 Å². The van der Waals surface area contributed by atoms with Crippen molar-refractivity contribution in [3.63, 3.8) is 0 Å². The van der Waals surface area contributed by atoms with Crippen molar-refractivity contribution >= 4 is 11.3 Å². The van der Waals surface area contributed by atoms with E-state index in [2.05, 4.69) is 43.5 Å². The summed E-state index contributed by atoms with van der Waals surface area (Å²) in [5.41, 5.74) is 9.27. The Hall–Kier alpha value is -1.32. The number of hydrogen-bond acceptors (Lipinski definition) is 3. The van der Waals surface area contributed by atoms with Crippen LogP contribution in [0.15, 0.2) is 35.0 Å². The molecule has 2 aromatic rings. The lowest BCUT2D eigenvalue weighted by molar-refractivity contribution is 0.213. The van der Waals surface area contributed by atoms with E-state index in [4.69, 9.17) is 10.5 Å². The Morgan fingerprint density at radius 1 is 1.29 bits per heavy atom. The van der Waals surface area contributed by atoms with Crippen molar-refractivity contribution in [2.45, 2.75) is 20.0 Å². The summed E-state index contributed by atoms with van der Waals surface area (Å²) in [6.07, 6.45) is -0.0539. The number of nitrogens with two attached hydrogens (primary N) is 1. The third-order valence-electron chi connectivity index (χ3n) is 2.74. The van der Waals surface area contributed by atoms with E-state index in [1.165, 1.54) is 5.56 Å². The molecule has 1 unspecified atom stereocenters. The van der Waals surface area contributed by atoms with Gasteiger partial charge in [0.1, 0.15) is 11.9 Å². The highest BCUT2D eigenvalue weighted by molar-refractivity contribution is 7.07. The third-order valence-corrected chi connectivity index (χ3v) is 3.44. The lowest BCUT2D eigenvalue weighted by atomic mass is 10.1. The van der Waals surface area contributed by atoms with E-state index in [0.717, 1.165) is 16.9 Å². The highest BCUT2D eigenvalue weighted by atomic mass is 32.1. The van der Waals surface area contributed by atoms with Crippen LogP contribution in [0.3, 0.4) is 0 Å². The molecule has 0 spiro atoms. The van der Waals surface area contributed by atoms with Gasteiger partial charge in [-0.1, -0.05) is 12.1 Å². The Kier molecular flexibility index (Phi) is 3.82. The quantitative estimate of drug-likeness (QED) is 0.898. The first-order valence-corrected chi connectivity index (χ1v) is 6.61. The molecule has 17 heavy (non-hydrogen) atoms. The second kappa shape index (κ2) is 5.34. The number of benzene rings is 1. The van der Waals surface area contributed by atoms with Crippen LogP contribution in [-0.4, -0.2) is 6.54 Å². The predicted molar refractivity (Wildman–Crippen MR) is 72.7 cm³/mol. The Balaban J connectivity index is 2.21. The Morgan fingerprint density at radius 2 is 2.12 bits per heavy atom. The second-order valence-electron chi connectivity index (χ2n) is 4.17. The van der Waals surface area contributed by atoms with Gasteiger partial charge in [0, 0.05) is 12.1 Å². The van der Waals surface area contributed by atoms with Crippen molar-refractivity contribution in [1.29, 1.82) is 0 Å². The van der Waals surface area contributed by atoms with E-state index in [1.807, 2.05) is 5.38 Å². The first-order valence-electron chi connectivity index (χ1n) is 5.67. The molecular formula is C14H17NOS. The van der Waals surface area contributed by atoms with Gasteiger partial charge in [-0.05, 0) is 47.9 Å². The summed E-state index contributed by atoms with van der Waals surface area (Å²) in [6, 6.07) is 8.29. The minimum absolute atomic E-state index is 0.0539. The summed E-state index contributed by atoms with van der Waals surface area (Å²) >= 11 is 1.67. The molecule has 0 bridgehead atoms. The van der Waals surface area contributed by atoms with E-state index in [1.54, 1.807) is 11.3 Å². The Bertz CT molecular complexity index is 479. The van der Waals surface area contributed by atoms with Crippen LogP contribution in [0.4, 0.5) is 0 Å². The minimum Gasteiger partial charge on any atom is -0.484 e. The molecule has 2 rings (SSSR count). The maximum atomic E-state index is 6.00. The molecule has 0 radical (unpaired) electrons. The highest BCUT2D eigenvalue weighted by Crippen LogP contribution is 2.26. The van der Waals surface area contributed by atoms with Crippen molar-refractivity contribution in [2.24, 2.45) is 5.73 Å². The molecule has 1 aromatic heterocycles. The van der Waals surface area contributed by atoms with Gasteiger partial charge in [-0.3, -0.25) is 0 Å². The van der Waals surface area contributed by atoms with Crippen LogP contribution in [0.5, 0.6) is 5.75 Å². The van der Waals surface area contributed by atoms with E-state index in [9.17, 15) is 0 Å². The van der Waals surface area contributed by atoms with E-state index in [-0.39, 0.29) is 6.10 Å². The fourth-order valence-electron chi connectivity index (χ4n) is 1.70. The predicted octanol–water partition coefficient (Wildman–Crippen LogP) is 3.44. The average Bonchev–Trinajstić information content (AvgIpc) is 2.84. The summed E-state index contributed by atoms with van der Waals surface area (Å²) in [5.74, 6) is 0.923. The lowest BCUT2D eigenvalue weighted by Crippen LogP contribution is -2.18. The van der Waals surface area contributed by atoms with Crippen LogP contribution in [0, 0.1) is 13.8 Å². The van der Waals surface area contributed by atoms with Gasteiger partial charge in [0.05, 0.1) is 0 Å². The van der Waals surface area contributed by atoms with Gasteiger partial charge in [0.25, 0.3) is 0 Å². The molecule has 3 heteroatoms. The fraction of sp³-hybridized carbons (Fsp3) is 0.286. The van der Waals surface area contributed by atoms with Gasteiger partial charge >= 0.3 is 0 Å². The van der Waals surface area contributed by atoms with Gasteiger partial charge in [-0.15, -0.1) is 0 Å². The molecule has 0 aliphatic rings. The summed E-state index contributed by atoms with van der Waals surface area (Å²) in [4.78, 5) is 0. The molecule has 0 saturated carbocycles. The monoisotopic (exact) mass is 247 g/mol.